The summed E-state index contributed by atoms with van der Waals surface area (Å²) in [6.45, 7) is 21.5. The monoisotopic (exact) mass is 582 g/mol. The van der Waals surface area contributed by atoms with Crippen LogP contribution < -0.4 is 5.32 Å². The molecule has 5 nitrogen and oxygen atoms in total. The lowest BCUT2D eigenvalue weighted by Crippen LogP contribution is -2.66. The zero-order chi connectivity index (χ0) is 28.3. The highest BCUT2D eigenvalue weighted by molar-refractivity contribution is 5.85. The summed E-state index contributed by atoms with van der Waals surface area (Å²) in [5.74, 6) is 3.43. The van der Waals surface area contributed by atoms with Gasteiger partial charge in [0, 0.05) is 37.3 Å². The topological polar surface area (TPSA) is 61.0 Å². The molecular formula is C35H55ClN4O. The quantitative estimate of drug-likeness (QED) is 0.353. The molecule has 1 aliphatic heterocycles. The molecule has 6 aliphatic rings. The van der Waals surface area contributed by atoms with Crippen molar-refractivity contribution in [2.24, 2.45) is 51.2 Å². The van der Waals surface area contributed by atoms with E-state index in [1.807, 2.05) is 0 Å². The van der Waals surface area contributed by atoms with Crippen molar-refractivity contribution < 1.29 is 4.79 Å². The van der Waals surface area contributed by atoms with E-state index in [1.165, 1.54) is 43.4 Å². The zero-order valence-corrected chi connectivity index (χ0v) is 27.6. The largest absolute Gasteiger partial charge is 0.340 e. The van der Waals surface area contributed by atoms with Crippen molar-refractivity contribution in [1.29, 1.82) is 0 Å². The van der Waals surface area contributed by atoms with E-state index in [1.54, 1.807) is 5.57 Å². The van der Waals surface area contributed by atoms with Crippen molar-refractivity contribution in [2.75, 3.05) is 26.2 Å². The average Bonchev–Trinajstić information content (AvgIpc) is 3.40. The van der Waals surface area contributed by atoms with Crippen LogP contribution in [-0.2, 0) is 16.6 Å². The number of aromatic amines is 1. The molecule has 4 fully saturated rings. The fourth-order valence-electron chi connectivity index (χ4n) is 12.4. The minimum absolute atomic E-state index is 0. The van der Waals surface area contributed by atoms with E-state index in [9.17, 15) is 4.79 Å². The molecular weight excluding hydrogens is 528 g/mol. The maximum Gasteiger partial charge on any atom is 0.229 e. The molecule has 1 aromatic rings. The Morgan fingerprint density at radius 3 is 2.44 bits per heavy atom. The Morgan fingerprint density at radius 1 is 0.976 bits per heavy atom. The molecule has 1 aromatic heterocycles. The van der Waals surface area contributed by atoms with E-state index in [0.717, 1.165) is 45.4 Å². The van der Waals surface area contributed by atoms with Gasteiger partial charge in [0.05, 0.1) is 11.6 Å². The van der Waals surface area contributed by atoms with Crippen LogP contribution in [0.1, 0.15) is 105 Å². The third kappa shape index (κ3) is 3.69. The van der Waals surface area contributed by atoms with E-state index in [4.69, 9.17) is 0 Å². The van der Waals surface area contributed by atoms with Crippen LogP contribution in [0.5, 0.6) is 0 Å². The Balaban J connectivity index is 0.00000302. The van der Waals surface area contributed by atoms with E-state index in [0.29, 0.717) is 35.5 Å². The first-order valence-electron chi connectivity index (χ1n) is 16.6. The number of fused-ring (bicyclic) bond motifs is 8. The average molecular weight is 583 g/mol. The number of carbonyl (C=O) groups is 1. The minimum Gasteiger partial charge on any atom is -0.340 e. The van der Waals surface area contributed by atoms with Crippen LogP contribution in [-0.4, -0.2) is 47.2 Å². The van der Waals surface area contributed by atoms with Crippen LogP contribution in [0.25, 0.3) is 0 Å². The summed E-state index contributed by atoms with van der Waals surface area (Å²) < 4.78 is 0. The molecule has 0 radical (unpaired) electrons. The van der Waals surface area contributed by atoms with Crippen LogP contribution in [0.15, 0.2) is 17.8 Å². The first kappa shape index (κ1) is 29.7. The predicted molar refractivity (Wildman–Crippen MR) is 168 cm³/mol. The van der Waals surface area contributed by atoms with Gasteiger partial charge in [-0.2, -0.15) is 5.10 Å². The number of hydrogen-bond acceptors (Lipinski definition) is 3. The van der Waals surface area contributed by atoms with E-state index in [2.05, 4.69) is 81.2 Å². The number of rotatable bonds is 1. The van der Waals surface area contributed by atoms with Crippen LogP contribution >= 0.6 is 12.4 Å². The molecule has 228 valence electrons. The molecule has 6 heteroatoms. The number of amides is 1. The second-order valence-corrected chi connectivity index (χ2v) is 16.5. The molecule has 0 unspecified atom stereocenters. The normalized spacial score (nSPS) is 46.5. The Morgan fingerprint density at radius 2 is 1.71 bits per heavy atom. The molecule has 9 atom stereocenters. The molecule has 1 amide bonds. The molecule has 0 spiro atoms. The van der Waals surface area contributed by atoms with Crippen LogP contribution in [0.4, 0.5) is 0 Å². The molecule has 0 bridgehead atoms. The summed E-state index contributed by atoms with van der Waals surface area (Å²) >= 11 is 0. The Bertz CT molecular complexity index is 1230. The van der Waals surface area contributed by atoms with Gasteiger partial charge in [-0.15, -0.1) is 12.4 Å². The first-order valence-corrected chi connectivity index (χ1v) is 16.6. The second-order valence-electron chi connectivity index (χ2n) is 16.5. The van der Waals surface area contributed by atoms with Crippen LogP contribution in [0.2, 0.25) is 0 Å². The van der Waals surface area contributed by atoms with Gasteiger partial charge in [-0.1, -0.05) is 60.1 Å². The number of nitrogens with zero attached hydrogens (tertiary/aromatic N) is 2. The third-order valence-corrected chi connectivity index (χ3v) is 14.9. The number of allylic oxidation sites excluding steroid dienone is 2. The fourth-order valence-corrected chi connectivity index (χ4v) is 12.4. The molecule has 5 aliphatic carbocycles. The van der Waals surface area contributed by atoms with Crippen molar-refractivity contribution in [1.82, 2.24) is 20.4 Å². The first-order chi connectivity index (χ1) is 18.9. The number of H-pyrrole nitrogens is 1. The molecule has 41 heavy (non-hydrogen) atoms. The highest BCUT2D eigenvalue weighted by atomic mass is 35.5. The van der Waals surface area contributed by atoms with E-state index in [-0.39, 0.29) is 39.5 Å². The molecule has 7 rings (SSSR count). The number of nitrogens with one attached hydrogen (secondary N) is 2. The highest BCUT2D eigenvalue weighted by Gasteiger charge is 2.69. The molecule has 1 saturated heterocycles. The molecule has 0 aromatic carbocycles. The standard InChI is InChI=1S/C35H54N4O.ClH/c1-22-10-13-35(30(40)39-18-16-36-17-19-39)15-14-33(6)25(28(35)23(22)2)8-9-27-32(5)20-24-21-37-38-29(24)31(3,4)26(32)11-12-34(27,33)7;/h8,21-23,26-28,36H,9-20H2,1-7H3,(H,37,38);1H/t22-,23+,26+,27-,28+,32+,33-,34-,35+;/m1./s1. The van der Waals surface area contributed by atoms with Crippen molar-refractivity contribution in [3.05, 3.63) is 29.1 Å². The van der Waals surface area contributed by atoms with Crippen LogP contribution in [0, 0.1) is 51.2 Å². The van der Waals surface area contributed by atoms with Gasteiger partial charge in [0.15, 0.2) is 0 Å². The Labute approximate surface area is 254 Å². The van der Waals surface area contributed by atoms with E-state index < -0.39 is 0 Å². The lowest BCUT2D eigenvalue weighted by atomic mass is 9.33. The predicted octanol–water partition coefficient (Wildman–Crippen LogP) is 6.93. The maximum absolute atomic E-state index is 14.6. The second kappa shape index (κ2) is 9.58. The number of aromatic nitrogens is 2. The molecule has 2 N–H and O–H groups in total. The Kier molecular flexibility index (Phi) is 6.95. The maximum atomic E-state index is 14.6. The van der Waals surface area contributed by atoms with Gasteiger partial charge in [0.1, 0.15) is 0 Å². The van der Waals surface area contributed by atoms with Crippen LogP contribution in [0.3, 0.4) is 0 Å². The van der Waals surface area contributed by atoms with Crippen molar-refractivity contribution in [3.63, 3.8) is 0 Å². The number of carbonyl (C=O) groups excluding carboxylic acids is 1. The van der Waals surface area contributed by atoms with Gasteiger partial charge in [0.25, 0.3) is 0 Å². The zero-order valence-electron chi connectivity index (χ0n) is 26.7. The summed E-state index contributed by atoms with van der Waals surface area (Å²) in [7, 11) is 0. The third-order valence-electron chi connectivity index (χ3n) is 14.9. The minimum atomic E-state index is -0.197. The van der Waals surface area contributed by atoms with E-state index >= 15 is 0 Å². The van der Waals surface area contributed by atoms with Crippen molar-refractivity contribution in [2.45, 2.75) is 105 Å². The molecule has 2 heterocycles. The lowest BCUT2D eigenvalue weighted by Gasteiger charge is -2.71. The van der Waals surface area contributed by atoms with Gasteiger partial charge in [0.2, 0.25) is 5.91 Å². The number of hydrogen-bond donors (Lipinski definition) is 2. The van der Waals surface area contributed by atoms with Gasteiger partial charge in [-0.05, 0) is 103 Å². The van der Waals surface area contributed by atoms with Crippen molar-refractivity contribution in [3.8, 4) is 0 Å². The highest BCUT2D eigenvalue weighted by Crippen LogP contribution is 2.75. The molecule has 3 saturated carbocycles. The smallest absolute Gasteiger partial charge is 0.229 e. The van der Waals surface area contributed by atoms with Gasteiger partial charge >= 0.3 is 0 Å². The van der Waals surface area contributed by atoms with Gasteiger partial charge < -0.3 is 10.2 Å². The summed E-state index contributed by atoms with van der Waals surface area (Å²) in [6, 6.07) is 0. The van der Waals surface area contributed by atoms with Gasteiger partial charge in [-0.25, -0.2) is 0 Å². The fraction of sp³-hybridized carbons (Fsp3) is 0.829. The van der Waals surface area contributed by atoms with Gasteiger partial charge in [-0.3, -0.25) is 9.89 Å². The Hall–Kier alpha value is -1.33. The summed E-state index contributed by atoms with van der Waals surface area (Å²) in [5, 5.41) is 11.4. The number of halogens is 1. The summed E-state index contributed by atoms with van der Waals surface area (Å²) in [4.78, 5) is 16.8. The number of piperazine rings is 1. The lowest BCUT2D eigenvalue weighted by molar-refractivity contribution is -0.175. The summed E-state index contributed by atoms with van der Waals surface area (Å²) in [6.07, 6.45) is 14.3. The SMILES string of the molecule is C[C@H]1[C@H](C)CC[C@]2(C(=O)N3CCNCC3)CC[C@]3(C)C(=CC[C@@H]4[C@@]5(C)Cc6cn[nH]c6C(C)(C)[C@@H]5CC[C@]43C)[C@H]12.Cl. The summed E-state index contributed by atoms with van der Waals surface area (Å²) in [5.41, 5.74) is 5.13. The van der Waals surface area contributed by atoms with Crippen molar-refractivity contribution >= 4 is 18.3 Å².